The highest BCUT2D eigenvalue weighted by Gasteiger charge is 1.99. The third-order valence-electron chi connectivity index (χ3n) is 3.72. The lowest BCUT2D eigenvalue weighted by Crippen LogP contribution is -2.05. The van der Waals surface area contributed by atoms with Gasteiger partial charge in [-0.3, -0.25) is 0 Å². The van der Waals surface area contributed by atoms with Gasteiger partial charge in [-0.05, 0) is 26.7 Å². The molecule has 0 saturated heterocycles. The summed E-state index contributed by atoms with van der Waals surface area (Å²) in [6, 6.07) is 0. The van der Waals surface area contributed by atoms with Crippen molar-refractivity contribution in [1.82, 2.24) is 0 Å². The Balaban J connectivity index is 3.25. The first-order chi connectivity index (χ1) is 12.4. The van der Waals surface area contributed by atoms with Gasteiger partial charge >= 0.3 is 11.9 Å². The fraction of sp³-hybridized carbons (Fsp3) is 0.700. The summed E-state index contributed by atoms with van der Waals surface area (Å²) in [7, 11) is 0. The molecule has 0 aromatic carbocycles. The second-order valence-corrected chi connectivity index (χ2v) is 6.65. The third kappa shape index (κ3) is 18.4. The van der Waals surface area contributed by atoms with Gasteiger partial charge < -0.3 is 20.9 Å². The maximum Gasteiger partial charge on any atom is 0.332 e. The Morgan fingerprint density at radius 1 is 0.615 bits per heavy atom. The maximum absolute atomic E-state index is 11.2. The maximum atomic E-state index is 11.2. The summed E-state index contributed by atoms with van der Waals surface area (Å²) >= 11 is 0. The van der Waals surface area contributed by atoms with Crippen molar-refractivity contribution in [3.8, 4) is 0 Å². The summed E-state index contributed by atoms with van der Waals surface area (Å²) in [5.74, 6) is -0.712. The summed E-state index contributed by atoms with van der Waals surface area (Å²) in [6.07, 6.45) is 13.9. The van der Waals surface area contributed by atoms with E-state index < -0.39 is 0 Å². The molecule has 4 N–H and O–H groups in total. The van der Waals surface area contributed by atoms with Crippen molar-refractivity contribution in [1.29, 1.82) is 0 Å². The van der Waals surface area contributed by atoms with E-state index in [4.69, 9.17) is 20.9 Å². The Labute approximate surface area is 158 Å². The summed E-state index contributed by atoms with van der Waals surface area (Å²) in [6.45, 7) is 4.26. The number of unbranched alkanes of at least 4 members (excludes halogenated alkanes) is 9. The van der Waals surface area contributed by atoms with E-state index in [0.717, 1.165) is 25.7 Å². The molecule has 0 radical (unpaired) electrons. The minimum atomic E-state index is -0.356. The average molecular weight is 369 g/mol. The van der Waals surface area contributed by atoms with Crippen LogP contribution >= 0.6 is 0 Å². The van der Waals surface area contributed by atoms with Crippen LogP contribution in [0.25, 0.3) is 0 Å². The molecule has 0 unspecified atom stereocenters. The van der Waals surface area contributed by atoms with Crippen LogP contribution in [0, 0.1) is 0 Å². The van der Waals surface area contributed by atoms with Gasteiger partial charge in [0.1, 0.15) is 0 Å². The van der Waals surface area contributed by atoms with E-state index in [-0.39, 0.29) is 11.9 Å². The van der Waals surface area contributed by atoms with Crippen LogP contribution in [0.4, 0.5) is 0 Å². The Kier molecular flexibility index (Phi) is 15.2. The van der Waals surface area contributed by atoms with E-state index in [2.05, 4.69) is 0 Å². The fourth-order valence-electron chi connectivity index (χ4n) is 2.42. The molecule has 0 aliphatic carbocycles. The van der Waals surface area contributed by atoms with Crippen LogP contribution in [0.2, 0.25) is 0 Å². The molecule has 6 nitrogen and oxygen atoms in total. The zero-order chi connectivity index (χ0) is 19.6. The van der Waals surface area contributed by atoms with Crippen LogP contribution in [-0.4, -0.2) is 25.2 Å². The minimum absolute atomic E-state index is 0.356. The molecule has 0 saturated carbocycles. The largest absolute Gasteiger partial charge is 0.462 e. The van der Waals surface area contributed by atoms with Gasteiger partial charge in [0, 0.05) is 23.5 Å². The Bertz CT molecular complexity index is 409. The van der Waals surface area contributed by atoms with E-state index in [1.165, 1.54) is 50.7 Å². The molecule has 0 heterocycles. The second kappa shape index (κ2) is 16.5. The highest BCUT2D eigenvalue weighted by atomic mass is 16.5. The number of esters is 2. The molecule has 0 fully saturated rings. The molecule has 26 heavy (non-hydrogen) atoms. The molecule has 0 aliphatic heterocycles. The van der Waals surface area contributed by atoms with Gasteiger partial charge in [-0.25, -0.2) is 9.59 Å². The Hall–Kier alpha value is -1.98. The molecule has 0 rings (SSSR count). The SMILES string of the molecule is C/C(N)=C/C(=O)OCCCCCCCCCCCCOC(=O)/C=C(/C)N. The molecule has 6 heteroatoms. The molecule has 0 aliphatic rings. The predicted octanol–water partition coefficient (Wildman–Crippen LogP) is 3.70. The van der Waals surface area contributed by atoms with Crippen molar-refractivity contribution in [2.45, 2.75) is 78.1 Å². The summed E-state index contributed by atoms with van der Waals surface area (Å²) in [4.78, 5) is 22.4. The molecule has 0 bridgehead atoms. The number of rotatable bonds is 15. The van der Waals surface area contributed by atoms with Gasteiger partial charge in [0.05, 0.1) is 13.2 Å². The number of carbonyl (C=O) groups excluding carboxylic acids is 2. The fourth-order valence-corrected chi connectivity index (χ4v) is 2.42. The van der Waals surface area contributed by atoms with Gasteiger partial charge in [0.2, 0.25) is 0 Å². The molecule has 150 valence electrons. The van der Waals surface area contributed by atoms with Crippen LogP contribution in [0.3, 0.4) is 0 Å². The van der Waals surface area contributed by atoms with Gasteiger partial charge in [-0.2, -0.15) is 0 Å². The molecular weight excluding hydrogens is 332 g/mol. The third-order valence-corrected chi connectivity index (χ3v) is 3.72. The standard InChI is InChI=1S/C20H36N2O4/c1-17(21)15-19(23)25-13-11-9-7-5-3-4-6-8-10-12-14-26-20(24)16-18(2)22/h15-16H,3-14,21-22H2,1-2H3/b17-15-,18-16-. The van der Waals surface area contributed by atoms with E-state index >= 15 is 0 Å². The van der Waals surface area contributed by atoms with Gasteiger partial charge in [-0.1, -0.05) is 51.4 Å². The zero-order valence-electron chi connectivity index (χ0n) is 16.4. The number of carbonyl (C=O) groups is 2. The topological polar surface area (TPSA) is 105 Å². The molecule has 0 atom stereocenters. The molecule has 0 aromatic rings. The van der Waals surface area contributed by atoms with Gasteiger partial charge in [0.25, 0.3) is 0 Å². The average Bonchev–Trinajstić information content (AvgIpc) is 2.53. The lowest BCUT2D eigenvalue weighted by Gasteiger charge is -2.04. The minimum Gasteiger partial charge on any atom is -0.462 e. The lowest BCUT2D eigenvalue weighted by molar-refractivity contribution is -0.138. The highest BCUT2D eigenvalue weighted by Crippen LogP contribution is 2.11. The molecule has 0 amide bonds. The number of hydrogen-bond acceptors (Lipinski definition) is 6. The predicted molar refractivity (Wildman–Crippen MR) is 104 cm³/mol. The number of hydrogen-bond donors (Lipinski definition) is 2. The van der Waals surface area contributed by atoms with Crippen molar-refractivity contribution < 1.29 is 19.1 Å². The Morgan fingerprint density at radius 2 is 0.885 bits per heavy atom. The number of nitrogens with two attached hydrogens (primary N) is 2. The first-order valence-corrected chi connectivity index (χ1v) is 9.63. The first-order valence-electron chi connectivity index (χ1n) is 9.63. The van der Waals surface area contributed by atoms with Crippen molar-refractivity contribution in [2.75, 3.05) is 13.2 Å². The first kappa shape index (κ1) is 24.0. The van der Waals surface area contributed by atoms with Crippen LogP contribution in [0.15, 0.2) is 23.5 Å². The van der Waals surface area contributed by atoms with Crippen LogP contribution in [0.1, 0.15) is 78.1 Å². The van der Waals surface area contributed by atoms with Gasteiger partial charge in [0.15, 0.2) is 0 Å². The smallest absolute Gasteiger partial charge is 0.332 e. The normalized spacial score (nSPS) is 12.1. The van der Waals surface area contributed by atoms with Crippen molar-refractivity contribution in [3.05, 3.63) is 23.5 Å². The van der Waals surface area contributed by atoms with Gasteiger partial charge in [-0.15, -0.1) is 0 Å². The van der Waals surface area contributed by atoms with Crippen LogP contribution in [0.5, 0.6) is 0 Å². The Morgan fingerprint density at radius 3 is 1.15 bits per heavy atom. The van der Waals surface area contributed by atoms with Crippen molar-refractivity contribution in [2.24, 2.45) is 11.5 Å². The lowest BCUT2D eigenvalue weighted by atomic mass is 10.1. The van der Waals surface area contributed by atoms with E-state index in [1.54, 1.807) is 13.8 Å². The molecular formula is C20H36N2O4. The van der Waals surface area contributed by atoms with Crippen molar-refractivity contribution >= 4 is 11.9 Å². The zero-order valence-corrected chi connectivity index (χ0v) is 16.4. The number of allylic oxidation sites excluding steroid dienone is 2. The monoisotopic (exact) mass is 368 g/mol. The quantitative estimate of drug-likeness (QED) is 0.259. The molecule has 0 aromatic heterocycles. The summed E-state index contributed by atoms with van der Waals surface area (Å²) < 4.78 is 10.1. The van der Waals surface area contributed by atoms with E-state index in [1.807, 2.05) is 0 Å². The number of ether oxygens (including phenoxy) is 2. The molecule has 0 spiro atoms. The summed E-state index contributed by atoms with van der Waals surface area (Å²) in [5, 5.41) is 0. The second-order valence-electron chi connectivity index (χ2n) is 6.65. The van der Waals surface area contributed by atoms with E-state index in [0.29, 0.717) is 24.6 Å². The van der Waals surface area contributed by atoms with Crippen molar-refractivity contribution in [3.63, 3.8) is 0 Å². The highest BCUT2D eigenvalue weighted by molar-refractivity contribution is 5.82. The van der Waals surface area contributed by atoms with Crippen LogP contribution in [-0.2, 0) is 19.1 Å². The van der Waals surface area contributed by atoms with E-state index in [9.17, 15) is 9.59 Å². The van der Waals surface area contributed by atoms with Crippen LogP contribution < -0.4 is 11.5 Å². The summed E-state index contributed by atoms with van der Waals surface area (Å²) in [5.41, 5.74) is 11.7.